The van der Waals surface area contributed by atoms with Crippen molar-refractivity contribution in [1.29, 1.82) is 0 Å². The second-order valence-corrected chi connectivity index (χ2v) is 7.26. The van der Waals surface area contributed by atoms with Crippen LogP contribution < -0.4 is 0 Å². The smallest absolute Gasteiger partial charge is 0.184 e. The van der Waals surface area contributed by atoms with Crippen LogP contribution >= 0.6 is 0 Å². The molecule has 2 fully saturated rings. The van der Waals surface area contributed by atoms with Gasteiger partial charge in [-0.05, 0) is 43.7 Å². The van der Waals surface area contributed by atoms with Crippen LogP contribution in [0.4, 0.5) is 8.78 Å². The minimum Gasteiger partial charge on any atom is -0.348 e. The van der Waals surface area contributed by atoms with Crippen LogP contribution in [0.5, 0.6) is 0 Å². The summed E-state index contributed by atoms with van der Waals surface area (Å²) < 4.78 is 38.9. The highest BCUT2D eigenvalue weighted by atomic mass is 28.1. The first-order valence-electron chi connectivity index (χ1n) is 8.41. The van der Waals surface area contributed by atoms with Crippen molar-refractivity contribution < 1.29 is 18.3 Å². The molecule has 125 valence electrons. The van der Waals surface area contributed by atoms with E-state index >= 15 is 0 Å². The van der Waals surface area contributed by atoms with Gasteiger partial charge >= 0.3 is 0 Å². The molecule has 2 nitrogen and oxygen atoms in total. The Balaban J connectivity index is 1.56. The molecule has 0 aromatic heterocycles. The van der Waals surface area contributed by atoms with Crippen molar-refractivity contribution in [3.63, 3.8) is 0 Å². The summed E-state index contributed by atoms with van der Waals surface area (Å²) >= 11 is 0. The Hall–Kier alpha value is -0.783. The molecule has 0 spiro atoms. The number of benzene rings is 1. The van der Waals surface area contributed by atoms with Gasteiger partial charge < -0.3 is 9.47 Å². The summed E-state index contributed by atoms with van der Waals surface area (Å²) in [5.74, 6) is 0.711. The standard InChI is InChI=1S/C18H23F2O2Si/c1-11-16(19)6-14(7-17(11)20)18-21-8-15(9-22-18)13-4-2-12(10-23)3-5-13/h6-7,12-13,15,18H,2-5,8-10H2,1H3. The number of hydrogen-bond acceptors (Lipinski definition) is 2. The molecule has 23 heavy (non-hydrogen) atoms. The molecule has 0 N–H and O–H groups in total. The molecule has 0 atom stereocenters. The highest BCUT2D eigenvalue weighted by Crippen LogP contribution is 2.38. The Morgan fingerprint density at radius 1 is 1.00 bits per heavy atom. The van der Waals surface area contributed by atoms with Crippen molar-refractivity contribution in [3.05, 3.63) is 34.9 Å². The molecule has 1 saturated carbocycles. The van der Waals surface area contributed by atoms with E-state index in [1.807, 2.05) is 0 Å². The van der Waals surface area contributed by atoms with E-state index in [0.717, 1.165) is 12.0 Å². The van der Waals surface area contributed by atoms with Crippen LogP contribution in [0.25, 0.3) is 0 Å². The van der Waals surface area contributed by atoms with Crippen molar-refractivity contribution in [2.75, 3.05) is 13.2 Å². The number of ether oxygens (including phenoxy) is 2. The molecule has 1 aliphatic carbocycles. The number of rotatable bonds is 3. The van der Waals surface area contributed by atoms with Gasteiger partial charge in [-0.3, -0.25) is 0 Å². The first-order chi connectivity index (χ1) is 11.1. The van der Waals surface area contributed by atoms with Gasteiger partial charge in [0.15, 0.2) is 6.29 Å². The maximum Gasteiger partial charge on any atom is 0.184 e. The van der Waals surface area contributed by atoms with E-state index in [2.05, 4.69) is 10.2 Å². The van der Waals surface area contributed by atoms with Crippen molar-refractivity contribution in [3.8, 4) is 0 Å². The fourth-order valence-electron chi connectivity index (χ4n) is 3.65. The molecule has 5 heteroatoms. The zero-order chi connectivity index (χ0) is 16.4. The van der Waals surface area contributed by atoms with Crippen LogP contribution in [0.15, 0.2) is 12.1 Å². The van der Waals surface area contributed by atoms with Gasteiger partial charge in [-0.25, -0.2) is 8.78 Å². The lowest BCUT2D eigenvalue weighted by Crippen LogP contribution is -2.34. The molecule has 1 aromatic carbocycles. The van der Waals surface area contributed by atoms with Gasteiger partial charge in [0.1, 0.15) is 11.6 Å². The molecular formula is C18H23F2O2Si. The van der Waals surface area contributed by atoms with E-state index in [1.165, 1.54) is 44.7 Å². The summed E-state index contributed by atoms with van der Waals surface area (Å²) in [7, 11) is 3.61. The third-order valence-electron chi connectivity index (χ3n) is 5.35. The second kappa shape index (κ2) is 7.41. The van der Waals surface area contributed by atoms with Crippen molar-refractivity contribution in [1.82, 2.24) is 0 Å². The Morgan fingerprint density at radius 3 is 2.09 bits per heavy atom. The topological polar surface area (TPSA) is 18.5 Å². The van der Waals surface area contributed by atoms with Gasteiger partial charge in [0.05, 0.1) is 13.2 Å². The highest BCUT2D eigenvalue weighted by Gasteiger charge is 2.32. The van der Waals surface area contributed by atoms with Gasteiger partial charge in [0.2, 0.25) is 0 Å². The summed E-state index contributed by atoms with van der Waals surface area (Å²) in [6, 6.07) is 3.70. The van der Waals surface area contributed by atoms with E-state index in [0.29, 0.717) is 30.6 Å². The van der Waals surface area contributed by atoms with Crippen molar-refractivity contribution in [2.45, 2.75) is 44.9 Å². The van der Waals surface area contributed by atoms with Crippen LogP contribution in [-0.4, -0.2) is 23.5 Å². The van der Waals surface area contributed by atoms with Crippen LogP contribution in [0.3, 0.4) is 0 Å². The largest absolute Gasteiger partial charge is 0.348 e. The average molecular weight is 337 g/mol. The Morgan fingerprint density at radius 2 is 1.57 bits per heavy atom. The Kier molecular flexibility index (Phi) is 5.49. The Bertz CT molecular complexity index is 513. The lowest BCUT2D eigenvalue weighted by Gasteiger charge is -2.37. The first kappa shape index (κ1) is 17.1. The maximum absolute atomic E-state index is 13.7. The molecule has 1 heterocycles. The van der Waals surface area contributed by atoms with Gasteiger partial charge in [-0.2, -0.15) is 0 Å². The van der Waals surface area contributed by atoms with Gasteiger partial charge in [0, 0.05) is 27.3 Å². The van der Waals surface area contributed by atoms with E-state index in [1.54, 1.807) is 0 Å². The summed E-state index contributed by atoms with van der Waals surface area (Å²) in [5.41, 5.74) is 0.456. The molecule has 0 bridgehead atoms. The van der Waals surface area contributed by atoms with Crippen LogP contribution in [-0.2, 0) is 9.47 Å². The molecule has 1 aromatic rings. The SMILES string of the molecule is Cc1c(F)cc(C2OCC(C3CCC(C[Si])CC3)CO2)cc1F. The molecule has 3 rings (SSSR count). The minimum atomic E-state index is -0.658. The van der Waals surface area contributed by atoms with Crippen molar-refractivity contribution >= 4 is 10.2 Å². The Labute approximate surface area is 140 Å². The van der Waals surface area contributed by atoms with Gasteiger partial charge in [-0.15, -0.1) is 0 Å². The van der Waals surface area contributed by atoms with Gasteiger partial charge in [-0.1, -0.05) is 18.9 Å². The molecule has 0 unspecified atom stereocenters. The third-order valence-corrected chi connectivity index (χ3v) is 5.92. The van der Waals surface area contributed by atoms with Crippen molar-refractivity contribution in [2.24, 2.45) is 17.8 Å². The summed E-state index contributed by atoms with van der Waals surface area (Å²) in [6.45, 7) is 2.63. The fraction of sp³-hybridized carbons (Fsp3) is 0.667. The molecular weight excluding hydrogens is 314 g/mol. The number of halogens is 2. The van der Waals surface area contributed by atoms with Crippen LogP contribution in [0.1, 0.15) is 43.1 Å². The fourth-order valence-corrected chi connectivity index (χ4v) is 4.06. The normalized spacial score (nSPS) is 32.0. The first-order valence-corrected chi connectivity index (χ1v) is 9.12. The zero-order valence-corrected chi connectivity index (χ0v) is 14.5. The predicted octanol–water partition coefficient (Wildman–Crippen LogP) is 4.33. The van der Waals surface area contributed by atoms with E-state index in [4.69, 9.17) is 9.47 Å². The summed E-state index contributed by atoms with van der Waals surface area (Å²) in [4.78, 5) is 0. The van der Waals surface area contributed by atoms with Crippen LogP contribution in [0, 0.1) is 36.3 Å². The van der Waals surface area contributed by atoms with E-state index in [9.17, 15) is 8.78 Å². The molecule has 3 radical (unpaired) electrons. The van der Waals surface area contributed by atoms with E-state index < -0.39 is 17.9 Å². The summed E-state index contributed by atoms with van der Waals surface area (Å²) in [5, 5.41) is 0. The zero-order valence-electron chi connectivity index (χ0n) is 13.5. The molecule has 2 aliphatic rings. The molecule has 1 saturated heterocycles. The predicted molar refractivity (Wildman–Crippen MR) is 85.2 cm³/mol. The van der Waals surface area contributed by atoms with Gasteiger partial charge in [0.25, 0.3) is 0 Å². The van der Waals surface area contributed by atoms with Crippen LogP contribution in [0.2, 0.25) is 6.04 Å². The maximum atomic E-state index is 13.7. The lowest BCUT2D eigenvalue weighted by atomic mass is 9.76. The quantitative estimate of drug-likeness (QED) is 0.765. The number of hydrogen-bond donors (Lipinski definition) is 0. The molecule has 0 amide bonds. The monoisotopic (exact) mass is 337 g/mol. The van der Waals surface area contributed by atoms with E-state index in [-0.39, 0.29) is 5.56 Å². The summed E-state index contributed by atoms with van der Waals surface area (Å²) in [6.07, 6.45) is 4.27. The molecule has 1 aliphatic heterocycles. The second-order valence-electron chi connectivity index (χ2n) is 6.85. The highest BCUT2D eigenvalue weighted by molar-refractivity contribution is 6.08. The third kappa shape index (κ3) is 3.83. The minimum absolute atomic E-state index is 0.0332. The average Bonchev–Trinajstić information content (AvgIpc) is 2.59. The lowest BCUT2D eigenvalue weighted by molar-refractivity contribution is -0.214.